The number of benzene rings is 2. The van der Waals surface area contributed by atoms with E-state index in [-0.39, 0.29) is 23.7 Å². The van der Waals surface area contributed by atoms with Crippen LogP contribution in [0.3, 0.4) is 0 Å². The van der Waals surface area contributed by atoms with E-state index in [1.54, 1.807) is 24.3 Å². The van der Waals surface area contributed by atoms with Gasteiger partial charge in [-0.15, -0.1) is 22.7 Å². The second-order valence-electron chi connectivity index (χ2n) is 13.4. The Hall–Kier alpha value is -5.01. The molecular formula is C40H42N4O7S2. The molecule has 0 saturated heterocycles. The van der Waals surface area contributed by atoms with Gasteiger partial charge in [0.2, 0.25) is 0 Å². The highest BCUT2D eigenvalue weighted by Crippen LogP contribution is 2.41. The van der Waals surface area contributed by atoms with Gasteiger partial charge in [0.15, 0.2) is 0 Å². The molecule has 0 unspecified atom stereocenters. The van der Waals surface area contributed by atoms with Crippen LogP contribution in [0.1, 0.15) is 103 Å². The Bertz CT molecular complexity index is 2240. The maximum Gasteiger partial charge on any atom is 0.348 e. The predicted molar refractivity (Wildman–Crippen MR) is 206 cm³/mol. The van der Waals surface area contributed by atoms with Gasteiger partial charge in [0.1, 0.15) is 53.6 Å². The summed E-state index contributed by atoms with van der Waals surface area (Å²) in [5, 5.41) is 9.57. The number of esters is 3. The van der Waals surface area contributed by atoms with Crippen LogP contribution in [0.2, 0.25) is 0 Å². The van der Waals surface area contributed by atoms with E-state index in [1.807, 2.05) is 36.4 Å². The highest BCUT2D eigenvalue weighted by Gasteiger charge is 2.27. The lowest BCUT2D eigenvalue weighted by Crippen LogP contribution is -2.13. The number of hydrogen-bond donors (Lipinski definition) is 1. The first kappa shape index (κ1) is 36.4. The van der Waals surface area contributed by atoms with E-state index in [0.29, 0.717) is 27.6 Å². The zero-order valence-electron chi connectivity index (χ0n) is 30.0. The van der Waals surface area contributed by atoms with Gasteiger partial charge >= 0.3 is 17.9 Å². The number of thiophene rings is 2. The van der Waals surface area contributed by atoms with Crippen LogP contribution in [0.25, 0.3) is 43.5 Å². The minimum absolute atomic E-state index is 0.245. The van der Waals surface area contributed by atoms with E-state index in [2.05, 4.69) is 9.13 Å². The fourth-order valence-electron chi connectivity index (χ4n) is 7.39. The molecule has 0 aliphatic heterocycles. The third-order valence-corrected chi connectivity index (χ3v) is 12.1. The van der Waals surface area contributed by atoms with Gasteiger partial charge in [0.25, 0.3) is 0 Å². The van der Waals surface area contributed by atoms with Gasteiger partial charge in [0.05, 0.1) is 14.2 Å². The first-order valence-corrected chi connectivity index (χ1v) is 19.7. The van der Waals surface area contributed by atoms with Gasteiger partial charge in [-0.2, -0.15) is 0 Å². The van der Waals surface area contributed by atoms with Gasteiger partial charge < -0.3 is 28.5 Å². The number of carbonyl (C=O) groups excluding carboxylic acids is 3. The molecule has 2 aliphatic rings. The van der Waals surface area contributed by atoms with Crippen LogP contribution >= 0.6 is 22.7 Å². The number of ether oxygens (including phenoxy) is 3. The Kier molecular flexibility index (Phi) is 10.9. The number of imidazole rings is 2. The van der Waals surface area contributed by atoms with Crippen molar-refractivity contribution in [3.05, 3.63) is 70.4 Å². The molecule has 8 rings (SSSR count). The monoisotopic (exact) mass is 754 g/mol. The van der Waals surface area contributed by atoms with Gasteiger partial charge in [0, 0.05) is 30.1 Å². The van der Waals surface area contributed by atoms with Crippen LogP contribution in [-0.2, 0) is 14.3 Å². The van der Waals surface area contributed by atoms with Crippen molar-refractivity contribution in [2.45, 2.75) is 83.2 Å². The number of aromatic hydroxyl groups is 1. The van der Waals surface area contributed by atoms with Crippen LogP contribution in [0.4, 0.5) is 0 Å². The lowest BCUT2D eigenvalue weighted by Gasteiger charge is -2.25. The van der Waals surface area contributed by atoms with Crippen LogP contribution in [0.5, 0.6) is 11.5 Å². The molecule has 6 aromatic rings. The zero-order chi connectivity index (χ0) is 37.1. The van der Waals surface area contributed by atoms with Crippen LogP contribution < -0.4 is 4.74 Å². The normalized spacial score (nSPS) is 15.2. The molecule has 2 saturated carbocycles. The Balaban J connectivity index is 0.000000165. The fraction of sp³-hybridized carbons (Fsp3) is 0.375. The van der Waals surface area contributed by atoms with E-state index in [4.69, 9.17) is 24.2 Å². The summed E-state index contributed by atoms with van der Waals surface area (Å²) in [7, 11) is 2.79. The average Bonchev–Trinajstić information content (AvgIpc) is 3.95. The first-order chi connectivity index (χ1) is 25.7. The number of phenols is 1. The molecule has 2 aliphatic carbocycles. The minimum atomic E-state index is -0.340. The second kappa shape index (κ2) is 15.9. The molecule has 0 spiro atoms. The van der Waals surface area contributed by atoms with Crippen LogP contribution in [-0.4, -0.2) is 56.3 Å². The number of phenolic OH excluding ortho intramolecular Hbond substituents is 1. The minimum Gasteiger partial charge on any atom is -0.508 e. The molecule has 4 heterocycles. The third kappa shape index (κ3) is 7.72. The molecule has 1 N–H and O–H groups in total. The Morgan fingerprint density at radius 3 is 1.47 bits per heavy atom. The summed E-state index contributed by atoms with van der Waals surface area (Å²) < 4.78 is 19.4. The summed E-state index contributed by atoms with van der Waals surface area (Å²) in [6.07, 6.45) is 11.8. The average molecular weight is 755 g/mol. The SMILES string of the molecule is COC(=O)c1cc2nc(-c3ccc(O)cc3)n(C3CCCCC3)c2s1.COC(=O)c1cc2nc(-c3ccc(OC(C)=O)cc3)n(C3CCCCC3)c2s1. The molecular weight excluding hydrogens is 713 g/mol. The Labute approximate surface area is 315 Å². The van der Waals surface area contributed by atoms with Crippen molar-refractivity contribution in [3.63, 3.8) is 0 Å². The molecule has 2 fully saturated rings. The van der Waals surface area contributed by atoms with Crippen LogP contribution in [0, 0.1) is 0 Å². The number of hydrogen-bond acceptors (Lipinski definition) is 11. The van der Waals surface area contributed by atoms with E-state index in [0.717, 1.165) is 69.2 Å². The Morgan fingerprint density at radius 2 is 1.08 bits per heavy atom. The lowest BCUT2D eigenvalue weighted by atomic mass is 9.95. The van der Waals surface area contributed by atoms with Crippen molar-refractivity contribution < 1.29 is 33.7 Å². The fourth-order valence-corrected chi connectivity index (χ4v) is 9.57. The standard InChI is InChI=1S/C21H22N2O4S.C19H20N2O3S/c1-13(24)27-16-10-8-14(9-11-16)19-22-17-12-18(21(25)26-2)28-20(17)23(19)15-6-4-3-5-7-15;1-24-19(23)16-11-15-18(25-16)21(13-5-3-2-4-6-13)17(20-15)12-7-9-14(22)10-8-12/h8-12,15H,3-7H2,1-2H3;7-11,13,22H,2-6H2,1H3. The summed E-state index contributed by atoms with van der Waals surface area (Å²) in [6, 6.07) is 18.9. The number of carbonyl (C=O) groups is 3. The number of aromatic nitrogens is 4. The maximum atomic E-state index is 12.0. The van der Waals surface area contributed by atoms with Crippen molar-refractivity contribution in [1.29, 1.82) is 0 Å². The third-order valence-electron chi connectivity index (χ3n) is 9.89. The number of rotatable bonds is 7. The van der Waals surface area contributed by atoms with Crippen LogP contribution in [0.15, 0.2) is 60.7 Å². The lowest BCUT2D eigenvalue weighted by molar-refractivity contribution is -0.131. The summed E-state index contributed by atoms with van der Waals surface area (Å²) in [5.41, 5.74) is 3.59. The maximum absolute atomic E-state index is 12.0. The molecule has 0 bridgehead atoms. The summed E-state index contributed by atoms with van der Waals surface area (Å²) in [6.45, 7) is 1.39. The Morgan fingerprint density at radius 1 is 0.660 bits per heavy atom. The van der Waals surface area contributed by atoms with Crippen molar-refractivity contribution in [1.82, 2.24) is 19.1 Å². The van der Waals surface area contributed by atoms with E-state index in [1.165, 1.54) is 82.3 Å². The molecule has 13 heteroatoms. The van der Waals surface area contributed by atoms with Gasteiger partial charge in [-0.1, -0.05) is 38.5 Å². The summed E-state index contributed by atoms with van der Waals surface area (Å²) in [5.74, 6) is 1.57. The highest BCUT2D eigenvalue weighted by atomic mass is 32.1. The van der Waals surface area contributed by atoms with E-state index < -0.39 is 0 Å². The number of nitrogens with zero attached hydrogens (tertiary/aromatic N) is 4. The number of methoxy groups -OCH3 is 2. The molecule has 0 atom stereocenters. The van der Waals surface area contributed by atoms with Gasteiger partial charge in [-0.25, -0.2) is 19.6 Å². The molecule has 2 aromatic carbocycles. The zero-order valence-corrected chi connectivity index (χ0v) is 31.6. The number of fused-ring (bicyclic) bond motifs is 2. The van der Waals surface area contributed by atoms with Gasteiger partial charge in [-0.3, -0.25) is 4.79 Å². The molecule has 0 radical (unpaired) electrons. The predicted octanol–water partition coefficient (Wildman–Crippen LogP) is 9.74. The van der Waals surface area contributed by atoms with E-state index >= 15 is 0 Å². The van der Waals surface area contributed by atoms with Crippen molar-refractivity contribution >= 4 is 61.3 Å². The molecule has 53 heavy (non-hydrogen) atoms. The molecule has 0 amide bonds. The second-order valence-corrected chi connectivity index (χ2v) is 15.5. The quantitative estimate of drug-likeness (QED) is 0.125. The molecule has 4 aromatic heterocycles. The van der Waals surface area contributed by atoms with Gasteiger partial charge in [-0.05, 0) is 86.3 Å². The van der Waals surface area contributed by atoms with Crippen molar-refractivity contribution in [3.8, 4) is 34.3 Å². The van der Waals surface area contributed by atoms with Crippen molar-refractivity contribution in [2.75, 3.05) is 14.2 Å². The summed E-state index contributed by atoms with van der Waals surface area (Å²) in [4.78, 5) is 47.8. The van der Waals surface area contributed by atoms with E-state index in [9.17, 15) is 19.5 Å². The first-order valence-electron chi connectivity index (χ1n) is 18.0. The molecule has 11 nitrogen and oxygen atoms in total. The highest BCUT2D eigenvalue weighted by molar-refractivity contribution is 7.20. The molecule has 276 valence electrons. The largest absolute Gasteiger partial charge is 0.508 e. The van der Waals surface area contributed by atoms with Crippen molar-refractivity contribution in [2.24, 2.45) is 0 Å². The topological polar surface area (TPSA) is 135 Å². The summed E-state index contributed by atoms with van der Waals surface area (Å²) >= 11 is 2.88. The smallest absolute Gasteiger partial charge is 0.348 e.